The normalized spacial score (nSPS) is 24.4. The molecule has 1 aromatic carbocycles. The molecule has 5 heteroatoms. The van der Waals surface area contributed by atoms with Crippen LogP contribution in [0, 0.1) is 5.92 Å². The molecule has 2 aliphatic heterocycles. The molecule has 2 atom stereocenters. The summed E-state index contributed by atoms with van der Waals surface area (Å²) in [5, 5.41) is 0.851. The van der Waals surface area contributed by atoms with Gasteiger partial charge in [-0.25, -0.2) is 0 Å². The first-order valence-electron chi connectivity index (χ1n) is 12.9. The fourth-order valence-corrected chi connectivity index (χ4v) is 6.28. The van der Waals surface area contributed by atoms with Gasteiger partial charge < -0.3 is 4.90 Å². The number of carbonyl (C=O) groups excluding carboxylic acids is 1. The number of pyridine rings is 1. The summed E-state index contributed by atoms with van der Waals surface area (Å²) in [5.41, 5.74) is 4.63. The van der Waals surface area contributed by atoms with Gasteiger partial charge in [0, 0.05) is 42.3 Å². The van der Waals surface area contributed by atoms with Crippen LogP contribution in [-0.2, 0) is 17.8 Å². The van der Waals surface area contributed by atoms with Crippen LogP contribution in [0.25, 0.3) is 11.1 Å². The molecule has 2 saturated heterocycles. The van der Waals surface area contributed by atoms with Gasteiger partial charge in [0.2, 0.25) is 5.91 Å². The van der Waals surface area contributed by atoms with E-state index in [1.165, 1.54) is 50.8 Å². The zero-order valence-electron chi connectivity index (χ0n) is 19.6. The zero-order valence-corrected chi connectivity index (χ0v) is 20.4. The van der Waals surface area contributed by atoms with Gasteiger partial charge in [0.25, 0.3) is 0 Å². The number of rotatable bonds is 6. The highest BCUT2D eigenvalue weighted by atomic mass is 35.5. The maximum absolute atomic E-state index is 12.2. The number of piperidine rings is 1. The SMILES string of the molecule is O=C1CCCN1C1CCCC(Cc2ccc(-c3ccc(CN4CCCCC4)nc3)cc2Cl)C1. The summed E-state index contributed by atoms with van der Waals surface area (Å²) >= 11 is 6.75. The van der Waals surface area contributed by atoms with Crippen molar-refractivity contribution in [1.82, 2.24) is 14.8 Å². The molecule has 1 aromatic heterocycles. The summed E-state index contributed by atoms with van der Waals surface area (Å²) in [6.07, 6.45) is 13.5. The van der Waals surface area contributed by atoms with Crippen LogP contribution in [0.5, 0.6) is 0 Å². The fourth-order valence-electron chi connectivity index (χ4n) is 6.03. The number of amides is 1. The Morgan fingerprint density at radius 1 is 0.939 bits per heavy atom. The second kappa shape index (κ2) is 10.6. The summed E-state index contributed by atoms with van der Waals surface area (Å²) in [7, 11) is 0. The average Bonchev–Trinajstić information content (AvgIpc) is 3.28. The number of nitrogens with zero attached hydrogens (tertiary/aromatic N) is 3. The van der Waals surface area contributed by atoms with Crippen LogP contribution >= 0.6 is 11.6 Å². The Kier molecular flexibility index (Phi) is 7.32. The van der Waals surface area contributed by atoms with Crippen molar-refractivity contribution in [3.05, 3.63) is 52.8 Å². The lowest BCUT2D eigenvalue weighted by Crippen LogP contribution is -2.39. The van der Waals surface area contributed by atoms with E-state index in [9.17, 15) is 4.79 Å². The van der Waals surface area contributed by atoms with Gasteiger partial charge in [-0.3, -0.25) is 14.7 Å². The van der Waals surface area contributed by atoms with Gasteiger partial charge in [-0.05, 0) is 87.2 Å². The third-order valence-corrected chi connectivity index (χ3v) is 8.21. The van der Waals surface area contributed by atoms with Crippen LogP contribution in [0.1, 0.15) is 69.0 Å². The monoisotopic (exact) mass is 465 g/mol. The quantitative estimate of drug-likeness (QED) is 0.516. The molecular formula is C28H36ClN3O. The van der Waals surface area contributed by atoms with Gasteiger partial charge in [-0.15, -0.1) is 0 Å². The predicted octanol–water partition coefficient (Wildman–Crippen LogP) is 6.11. The first kappa shape index (κ1) is 22.9. The molecule has 0 spiro atoms. The number of carbonyl (C=O) groups is 1. The van der Waals surface area contributed by atoms with Gasteiger partial charge in [0.15, 0.2) is 0 Å². The Bertz CT molecular complexity index is 954. The largest absolute Gasteiger partial charge is 0.340 e. The number of halogens is 1. The highest BCUT2D eigenvalue weighted by Gasteiger charge is 2.32. The summed E-state index contributed by atoms with van der Waals surface area (Å²) in [4.78, 5) is 21.6. The molecule has 4 nitrogen and oxygen atoms in total. The fraction of sp³-hybridized carbons (Fsp3) is 0.571. The van der Waals surface area contributed by atoms with Crippen LogP contribution in [0.4, 0.5) is 0 Å². The van der Waals surface area contributed by atoms with E-state index in [0.717, 1.165) is 67.0 Å². The second-order valence-electron chi connectivity index (χ2n) is 10.3. The van der Waals surface area contributed by atoms with E-state index in [4.69, 9.17) is 16.6 Å². The molecule has 0 radical (unpaired) electrons. The maximum atomic E-state index is 12.2. The van der Waals surface area contributed by atoms with Crippen LogP contribution in [0.3, 0.4) is 0 Å². The molecule has 176 valence electrons. The van der Waals surface area contributed by atoms with Crippen LogP contribution < -0.4 is 0 Å². The first-order valence-corrected chi connectivity index (χ1v) is 13.3. The Balaban J connectivity index is 1.20. The molecule has 3 heterocycles. The van der Waals surface area contributed by atoms with E-state index < -0.39 is 0 Å². The lowest BCUT2D eigenvalue weighted by molar-refractivity contribution is -0.130. The van der Waals surface area contributed by atoms with Crippen molar-refractivity contribution in [2.24, 2.45) is 5.92 Å². The number of hydrogen-bond acceptors (Lipinski definition) is 3. The third kappa shape index (κ3) is 5.60. The highest BCUT2D eigenvalue weighted by Crippen LogP contribution is 2.34. The Hall–Kier alpha value is -1.91. The molecular weight excluding hydrogens is 430 g/mol. The molecule has 2 unspecified atom stereocenters. The van der Waals surface area contributed by atoms with Crippen molar-refractivity contribution < 1.29 is 4.79 Å². The average molecular weight is 466 g/mol. The predicted molar refractivity (Wildman–Crippen MR) is 134 cm³/mol. The van der Waals surface area contributed by atoms with Gasteiger partial charge in [0.1, 0.15) is 0 Å². The Labute approximate surface area is 203 Å². The zero-order chi connectivity index (χ0) is 22.6. The number of benzene rings is 1. The lowest BCUT2D eigenvalue weighted by atomic mass is 9.81. The highest BCUT2D eigenvalue weighted by molar-refractivity contribution is 6.31. The Morgan fingerprint density at radius 3 is 2.52 bits per heavy atom. The van der Waals surface area contributed by atoms with Gasteiger partial charge in [-0.1, -0.05) is 42.6 Å². The van der Waals surface area contributed by atoms with Gasteiger partial charge in [0.05, 0.1) is 5.69 Å². The molecule has 3 aliphatic rings. The molecule has 0 bridgehead atoms. The van der Waals surface area contributed by atoms with Crippen molar-refractivity contribution in [3.63, 3.8) is 0 Å². The molecule has 33 heavy (non-hydrogen) atoms. The number of hydrogen-bond donors (Lipinski definition) is 0. The molecule has 5 rings (SSSR count). The first-order chi connectivity index (χ1) is 16.2. The van der Waals surface area contributed by atoms with Crippen molar-refractivity contribution in [3.8, 4) is 11.1 Å². The summed E-state index contributed by atoms with van der Waals surface area (Å²) in [6.45, 7) is 4.29. The van der Waals surface area contributed by atoms with Crippen LogP contribution in [0.15, 0.2) is 36.5 Å². The van der Waals surface area contributed by atoms with E-state index in [0.29, 0.717) is 17.9 Å². The van der Waals surface area contributed by atoms with Gasteiger partial charge >= 0.3 is 0 Å². The van der Waals surface area contributed by atoms with Crippen molar-refractivity contribution >= 4 is 17.5 Å². The summed E-state index contributed by atoms with van der Waals surface area (Å²) in [5.74, 6) is 0.967. The van der Waals surface area contributed by atoms with E-state index >= 15 is 0 Å². The van der Waals surface area contributed by atoms with E-state index in [1.807, 2.05) is 6.20 Å². The van der Waals surface area contributed by atoms with Crippen LogP contribution in [0.2, 0.25) is 5.02 Å². The summed E-state index contributed by atoms with van der Waals surface area (Å²) in [6, 6.07) is 11.3. The van der Waals surface area contributed by atoms with Crippen LogP contribution in [-0.4, -0.2) is 46.4 Å². The minimum Gasteiger partial charge on any atom is -0.340 e. The van der Waals surface area contributed by atoms with Crippen molar-refractivity contribution in [1.29, 1.82) is 0 Å². The lowest BCUT2D eigenvalue weighted by Gasteiger charge is -2.35. The van der Waals surface area contributed by atoms with E-state index in [1.54, 1.807) is 0 Å². The van der Waals surface area contributed by atoms with E-state index in [2.05, 4.69) is 40.1 Å². The third-order valence-electron chi connectivity index (χ3n) is 7.86. The van der Waals surface area contributed by atoms with Crippen molar-refractivity contribution in [2.75, 3.05) is 19.6 Å². The minimum atomic E-state index is 0.360. The molecule has 2 aromatic rings. The maximum Gasteiger partial charge on any atom is 0.222 e. The van der Waals surface area contributed by atoms with E-state index in [-0.39, 0.29) is 0 Å². The van der Waals surface area contributed by atoms with Gasteiger partial charge in [-0.2, -0.15) is 0 Å². The molecule has 1 amide bonds. The number of aromatic nitrogens is 1. The molecule has 3 fully saturated rings. The topological polar surface area (TPSA) is 36.4 Å². The minimum absolute atomic E-state index is 0.360. The summed E-state index contributed by atoms with van der Waals surface area (Å²) < 4.78 is 0. The standard InChI is InChI=1S/C28H36ClN3O/c29-27-18-22(24-11-12-25(30-19-24)20-31-13-2-1-3-14-31)9-10-23(27)16-21-6-4-7-26(17-21)32-15-5-8-28(32)33/h9-12,18-19,21,26H,1-8,13-17,20H2. The molecule has 1 aliphatic carbocycles. The Morgan fingerprint density at radius 2 is 1.79 bits per heavy atom. The number of likely N-dealkylation sites (tertiary alicyclic amines) is 2. The smallest absolute Gasteiger partial charge is 0.222 e. The van der Waals surface area contributed by atoms with Crippen molar-refractivity contribution in [2.45, 2.75) is 76.8 Å². The molecule has 1 saturated carbocycles. The second-order valence-corrected chi connectivity index (χ2v) is 10.7. The molecule has 0 N–H and O–H groups in total.